The number of rotatable bonds is 5. The number of likely N-dealkylation sites (tertiary alicyclic amines) is 1. The van der Waals surface area contributed by atoms with Crippen LogP contribution in [0.15, 0.2) is 36.5 Å². The van der Waals surface area contributed by atoms with Crippen LogP contribution in [0.4, 0.5) is 0 Å². The third-order valence-corrected chi connectivity index (χ3v) is 4.51. The molecule has 3 nitrogen and oxygen atoms in total. The Labute approximate surface area is 127 Å². The molecule has 1 aromatic heterocycles. The Bertz CT molecular complexity index is 570. The smallest absolute Gasteiger partial charge is 0.0705 e. The number of fused-ring (bicyclic) bond motifs is 1. The maximum Gasteiger partial charge on any atom is 0.0705 e. The number of para-hydroxylation sites is 1. The van der Waals surface area contributed by atoms with Gasteiger partial charge in [0.15, 0.2) is 0 Å². The minimum Gasteiger partial charge on any atom is -0.311 e. The molecule has 1 aliphatic heterocycles. The van der Waals surface area contributed by atoms with Crippen LogP contribution in [-0.2, 0) is 6.54 Å². The van der Waals surface area contributed by atoms with E-state index < -0.39 is 0 Å². The molecule has 2 aromatic rings. The SMILES string of the molecule is CC(CNCc1ccnc2ccccc12)N1CCCCC1. The largest absolute Gasteiger partial charge is 0.311 e. The highest BCUT2D eigenvalue weighted by atomic mass is 15.2. The molecule has 1 atom stereocenters. The zero-order chi connectivity index (χ0) is 14.5. The molecule has 1 aromatic carbocycles. The van der Waals surface area contributed by atoms with Crippen LogP contribution in [-0.4, -0.2) is 35.6 Å². The lowest BCUT2D eigenvalue weighted by Gasteiger charge is -2.32. The van der Waals surface area contributed by atoms with E-state index in [1.165, 1.54) is 43.3 Å². The zero-order valence-electron chi connectivity index (χ0n) is 12.9. The van der Waals surface area contributed by atoms with Crippen LogP contribution in [0.3, 0.4) is 0 Å². The van der Waals surface area contributed by atoms with E-state index >= 15 is 0 Å². The fourth-order valence-corrected chi connectivity index (χ4v) is 3.21. The standard InChI is InChI=1S/C18H25N3/c1-15(21-11-5-2-6-12-21)13-19-14-16-9-10-20-18-8-4-3-7-17(16)18/h3-4,7-10,15,19H,2,5-6,11-14H2,1H3. The number of pyridine rings is 1. The van der Waals surface area contributed by atoms with Crippen LogP contribution in [0.1, 0.15) is 31.7 Å². The number of piperidine rings is 1. The molecule has 1 saturated heterocycles. The Morgan fingerprint density at radius 3 is 2.81 bits per heavy atom. The van der Waals surface area contributed by atoms with E-state index in [4.69, 9.17) is 0 Å². The van der Waals surface area contributed by atoms with E-state index in [-0.39, 0.29) is 0 Å². The highest BCUT2D eigenvalue weighted by Gasteiger charge is 2.16. The summed E-state index contributed by atoms with van der Waals surface area (Å²) in [5, 5.41) is 4.88. The molecule has 0 saturated carbocycles. The molecule has 0 aliphatic carbocycles. The summed E-state index contributed by atoms with van der Waals surface area (Å²) in [6.07, 6.45) is 6.03. The topological polar surface area (TPSA) is 28.2 Å². The van der Waals surface area contributed by atoms with Crippen molar-refractivity contribution in [2.24, 2.45) is 0 Å². The summed E-state index contributed by atoms with van der Waals surface area (Å²) < 4.78 is 0. The molecule has 21 heavy (non-hydrogen) atoms. The molecule has 112 valence electrons. The monoisotopic (exact) mass is 283 g/mol. The van der Waals surface area contributed by atoms with Crippen LogP contribution in [0.2, 0.25) is 0 Å². The summed E-state index contributed by atoms with van der Waals surface area (Å²) in [5.74, 6) is 0. The highest BCUT2D eigenvalue weighted by molar-refractivity contribution is 5.81. The van der Waals surface area contributed by atoms with E-state index in [1.807, 2.05) is 12.3 Å². The van der Waals surface area contributed by atoms with Gasteiger partial charge in [-0.25, -0.2) is 0 Å². The average molecular weight is 283 g/mol. The van der Waals surface area contributed by atoms with Crippen molar-refractivity contribution in [3.8, 4) is 0 Å². The quantitative estimate of drug-likeness (QED) is 0.913. The van der Waals surface area contributed by atoms with Crippen molar-refractivity contribution in [3.63, 3.8) is 0 Å². The van der Waals surface area contributed by atoms with Crippen molar-refractivity contribution < 1.29 is 0 Å². The van der Waals surface area contributed by atoms with Gasteiger partial charge in [0.2, 0.25) is 0 Å². The maximum atomic E-state index is 4.42. The van der Waals surface area contributed by atoms with Gasteiger partial charge >= 0.3 is 0 Å². The number of benzene rings is 1. The molecule has 3 heteroatoms. The minimum atomic E-state index is 0.624. The number of hydrogen-bond acceptors (Lipinski definition) is 3. The van der Waals surface area contributed by atoms with Crippen molar-refractivity contribution in [2.75, 3.05) is 19.6 Å². The number of nitrogens with zero attached hydrogens (tertiary/aromatic N) is 2. The molecular formula is C18H25N3. The fourth-order valence-electron chi connectivity index (χ4n) is 3.21. The molecule has 0 bridgehead atoms. The van der Waals surface area contributed by atoms with Crippen molar-refractivity contribution in [2.45, 2.75) is 38.8 Å². The van der Waals surface area contributed by atoms with Gasteiger partial charge in [-0.3, -0.25) is 9.88 Å². The van der Waals surface area contributed by atoms with E-state index in [0.29, 0.717) is 6.04 Å². The van der Waals surface area contributed by atoms with Gasteiger partial charge in [-0.2, -0.15) is 0 Å². The number of nitrogens with one attached hydrogen (secondary N) is 1. The lowest BCUT2D eigenvalue weighted by Crippen LogP contribution is -2.42. The maximum absolute atomic E-state index is 4.42. The van der Waals surface area contributed by atoms with E-state index in [2.05, 4.69) is 46.4 Å². The zero-order valence-corrected chi connectivity index (χ0v) is 12.9. The van der Waals surface area contributed by atoms with Gasteiger partial charge in [-0.1, -0.05) is 24.6 Å². The first-order chi connectivity index (χ1) is 10.3. The summed E-state index contributed by atoms with van der Waals surface area (Å²) in [5.41, 5.74) is 2.42. The van der Waals surface area contributed by atoms with Crippen molar-refractivity contribution in [1.82, 2.24) is 15.2 Å². The van der Waals surface area contributed by atoms with Gasteiger partial charge in [-0.15, -0.1) is 0 Å². The molecule has 0 radical (unpaired) electrons. The van der Waals surface area contributed by atoms with E-state index in [1.54, 1.807) is 0 Å². The second-order valence-corrected chi connectivity index (χ2v) is 6.06. The predicted octanol–water partition coefficient (Wildman–Crippen LogP) is 3.20. The van der Waals surface area contributed by atoms with Gasteiger partial charge in [0.05, 0.1) is 5.52 Å². The lowest BCUT2D eigenvalue weighted by molar-refractivity contribution is 0.171. The van der Waals surface area contributed by atoms with Crippen molar-refractivity contribution >= 4 is 10.9 Å². The Kier molecular flexibility index (Phi) is 4.84. The number of hydrogen-bond donors (Lipinski definition) is 1. The molecule has 0 amide bonds. The molecule has 2 heterocycles. The Morgan fingerprint density at radius 1 is 1.14 bits per heavy atom. The summed E-state index contributed by atoms with van der Waals surface area (Å²) >= 11 is 0. The van der Waals surface area contributed by atoms with Gasteiger partial charge in [0.1, 0.15) is 0 Å². The van der Waals surface area contributed by atoms with Crippen LogP contribution >= 0.6 is 0 Å². The average Bonchev–Trinajstić information content (AvgIpc) is 2.56. The van der Waals surface area contributed by atoms with Gasteiger partial charge < -0.3 is 5.32 Å². The molecule has 1 unspecified atom stereocenters. The van der Waals surface area contributed by atoms with Gasteiger partial charge in [0, 0.05) is 30.7 Å². The van der Waals surface area contributed by atoms with E-state index in [0.717, 1.165) is 18.6 Å². The van der Waals surface area contributed by atoms with Crippen LogP contribution in [0, 0.1) is 0 Å². The predicted molar refractivity (Wildman–Crippen MR) is 88.3 cm³/mol. The first kappa shape index (κ1) is 14.5. The van der Waals surface area contributed by atoms with E-state index in [9.17, 15) is 0 Å². The third kappa shape index (κ3) is 3.60. The second-order valence-electron chi connectivity index (χ2n) is 6.06. The summed E-state index contributed by atoms with van der Waals surface area (Å²) in [6, 6.07) is 11.1. The summed E-state index contributed by atoms with van der Waals surface area (Å²) in [4.78, 5) is 7.03. The molecule has 1 aliphatic rings. The molecule has 3 rings (SSSR count). The lowest BCUT2D eigenvalue weighted by atomic mass is 10.1. The molecule has 1 fully saturated rings. The normalized spacial score (nSPS) is 18.0. The first-order valence-electron chi connectivity index (χ1n) is 8.12. The summed E-state index contributed by atoms with van der Waals surface area (Å²) in [6.45, 7) is 6.84. The molecular weight excluding hydrogens is 258 g/mol. The first-order valence-corrected chi connectivity index (χ1v) is 8.12. The van der Waals surface area contributed by atoms with Gasteiger partial charge in [0.25, 0.3) is 0 Å². The number of aromatic nitrogens is 1. The Balaban J connectivity index is 1.56. The van der Waals surface area contributed by atoms with Crippen molar-refractivity contribution in [1.29, 1.82) is 0 Å². The Morgan fingerprint density at radius 2 is 1.95 bits per heavy atom. The molecule has 1 N–H and O–H groups in total. The fraction of sp³-hybridized carbons (Fsp3) is 0.500. The minimum absolute atomic E-state index is 0.624. The Hall–Kier alpha value is -1.45. The third-order valence-electron chi connectivity index (χ3n) is 4.51. The van der Waals surface area contributed by atoms with Gasteiger partial charge in [-0.05, 0) is 50.6 Å². The molecule has 0 spiro atoms. The highest BCUT2D eigenvalue weighted by Crippen LogP contribution is 2.16. The summed E-state index contributed by atoms with van der Waals surface area (Å²) in [7, 11) is 0. The second kappa shape index (κ2) is 7.01. The van der Waals surface area contributed by atoms with Crippen LogP contribution < -0.4 is 5.32 Å². The van der Waals surface area contributed by atoms with Crippen molar-refractivity contribution in [3.05, 3.63) is 42.1 Å². The van der Waals surface area contributed by atoms with Crippen LogP contribution in [0.5, 0.6) is 0 Å². The van der Waals surface area contributed by atoms with Crippen LogP contribution in [0.25, 0.3) is 10.9 Å².